The second-order valence-corrected chi connectivity index (χ2v) is 6.65. The SMILES string of the molecule is CCC(=O)C(c1cccc(C#N)c1)C(CC(=O)OCCSC)C(C)=O. The molecule has 2 unspecified atom stereocenters. The van der Waals surface area contributed by atoms with Gasteiger partial charge < -0.3 is 4.74 Å². The molecule has 1 aromatic rings. The molecule has 0 aliphatic carbocycles. The predicted octanol–water partition coefficient (Wildman–Crippen LogP) is 3.12. The van der Waals surface area contributed by atoms with E-state index in [-0.39, 0.29) is 31.0 Å². The van der Waals surface area contributed by atoms with Gasteiger partial charge in [-0.1, -0.05) is 19.1 Å². The predicted molar refractivity (Wildman–Crippen MR) is 97.3 cm³/mol. The molecule has 1 rings (SSSR count). The number of ether oxygens (including phenoxy) is 1. The van der Waals surface area contributed by atoms with Gasteiger partial charge in [0.1, 0.15) is 18.2 Å². The van der Waals surface area contributed by atoms with Crippen molar-refractivity contribution in [2.24, 2.45) is 5.92 Å². The van der Waals surface area contributed by atoms with Crippen LogP contribution in [0.1, 0.15) is 43.7 Å². The Kier molecular flexibility index (Phi) is 8.93. The van der Waals surface area contributed by atoms with Crippen molar-refractivity contribution in [1.29, 1.82) is 5.26 Å². The van der Waals surface area contributed by atoms with Gasteiger partial charge in [0.05, 0.1) is 24.0 Å². The number of thioether (sulfide) groups is 1. The summed E-state index contributed by atoms with van der Waals surface area (Å²) in [4.78, 5) is 36.7. The Bertz CT molecular complexity index is 666. The van der Waals surface area contributed by atoms with Crippen LogP contribution in [-0.4, -0.2) is 36.2 Å². The van der Waals surface area contributed by atoms with Crippen molar-refractivity contribution >= 4 is 29.3 Å². The summed E-state index contributed by atoms with van der Waals surface area (Å²) in [5.74, 6) is -1.72. The van der Waals surface area contributed by atoms with E-state index in [1.165, 1.54) is 6.92 Å². The summed E-state index contributed by atoms with van der Waals surface area (Å²) in [6, 6.07) is 8.67. The lowest BCUT2D eigenvalue weighted by Crippen LogP contribution is -2.29. The van der Waals surface area contributed by atoms with Crippen LogP contribution in [-0.2, 0) is 19.1 Å². The van der Waals surface area contributed by atoms with E-state index in [4.69, 9.17) is 10.00 Å². The molecular formula is C19H23NO4S. The summed E-state index contributed by atoms with van der Waals surface area (Å²) in [6.45, 7) is 3.38. The van der Waals surface area contributed by atoms with Gasteiger partial charge in [0, 0.05) is 18.1 Å². The van der Waals surface area contributed by atoms with E-state index >= 15 is 0 Å². The van der Waals surface area contributed by atoms with Crippen LogP contribution < -0.4 is 0 Å². The van der Waals surface area contributed by atoms with Crippen molar-refractivity contribution in [3.8, 4) is 6.07 Å². The number of hydrogen-bond donors (Lipinski definition) is 0. The molecule has 0 bridgehead atoms. The van der Waals surface area contributed by atoms with Crippen molar-refractivity contribution < 1.29 is 19.1 Å². The van der Waals surface area contributed by atoms with E-state index in [1.807, 2.05) is 12.3 Å². The maximum absolute atomic E-state index is 12.5. The van der Waals surface area contributed by atoms with Crippen molar-refractivity contribution in [3.05, 3.63) is 35.4 Å². The molecule has 0 amide bonds. The van der Waals surface area contributed by atoms with Crippen LogP contribution in [0.3, 0.4) is 0 Å². The molecule has 2 atom stereocenters. The first-order valence-electron chi connectivity index (χ1n) is 8.12. The second-order valence-electron chi connectivity index (χ2n) is 5.67. The van der Waals surface area contributed by atoms with E-state index in [0.717, 1.165) is 0 Å². The van der Waals surface area contributed by atoms with E-state index < -0.39 is 17.8 Å². The summed E-state index contributed by atoms with van der Waals surface area (Å²) in [7, 11) is 0. The van der Waals surface area contributed by atoms with Gasteiger partial charge in [-0.25, -0.2) is 0 Å². The number of benzene rings is 1. The summed E-state index contributed by atoms with van der Waals surface area (Å²) in [5, 5.41) is 9.08. The third kappa shape index (κ3) is 6.35. The highest BCUT2D eigenvalue weighted by molar-refractivity contribution is 7.98. The molecule has 134 valence electrons. The average Bonchev–Trinajstić information content (AvgIpc) is 2.61. The largest absolute Gasteiger partial charge is 0.465 e. The molecular weight excluding hydrogens is 338 g/mol. The molecule has 1 aromatic carbocycles. The Hall–Kier alpha value is -2.13. The zero-order valence-corrected chi connectivity index (χ0v) is 15.6. The zero-order chi connectivity index (χ0) is 18.8. The van der Waals surface area contributed by atoms with E-state index in [0.29, 0.717) is 16.9 Å². The summed E-state index contributed by atoms with van der Waals surface area (Å²) in [5.41, 5.74) is 0.999. The molecule has 25 heavy (non-hydrogen) atoms. The van der Waals surface area contributed by atoms with E-state index in [2.05, 4.69) is 0 Å². The third-order valence-electron chi connectivity index (χ3n) is 3.93. The highest BCUT2D eigenvalue weighted by Gasteiger charge is 2.34. The lowest BCUT2D eigenvalue weighted by atomic mass is 9.78. The first-order valence-corrected chi connectivity index (χ1v) is 9.51. The Balaban J connectivity index is 3.11. The van der Waals surface area contributed by atoms with Crippen LogP contribution in [0.15, 0.2) is 24.3 Å². The van der Waals surface area contributed by atoms with Gasteiger partial charge in [-0.15, -0.1) is 0 Å². The van der Waals surface area contributed by atoms with E-state index in [9.17, 15) is 14.4 Å². The van der Waals surface area contributed by atoms with Crippen LogP contribution in [0.4, 0.5) is 0 Å². The van der Waals surface area contributed by atoms with Gasteiger partial charge in [0.2, 0.25) is 0 Å². The van der Waals surface area contributed by atoms with Crippen molar-refractivity contribution in [2.75, 3.05) is 18.6 Å². The van der Waals surface area contributed by atoms with Crippen LogP contribution in [0, 0.1) is 17.2 Å². The molecule has 0 radical (unpaired) electrons. The molecule has 0 heterocycles. The van der Waals surface area contributed by atoms with Gasteiger partial charge in [-0.3, -0.25) is 14.4 Å². The molecule has 0 saturated carbocycles. The fourth-order valence-corrected chi connectivity index (χ4v) is 2.89. The van der Waals surface area contributed by atoms with Crippen molar-refractivity contribution in [2.45, 2.75) is 32.6 Å². The first-order chi connectivity index (χ1) is 11.9. The quantitative estimate of drug-likeness (QED) is 0.470. The number of carbonyl (C=O) groups excluding carboxylic acids is 3. The number of rotatable bonds is 10. The van der Waals surface area contributed by atoms with Crippen molar-refractivity contribution in [1.82, 2.24) is 0 Å². The summed E-state index contributed by atoms with van der Waals surface area (Å²) in [6.07, 6.45) is 2.01. The number of Topliss-reactive ketones (excluding diaryl/α,β-unsaturated/α-hetero) is 2. The molecule has 0 aliphatic heterocycles. The standard InChI is InChI=1S/C19H23NO4S/c1-4-17(22)19(15-7-5-6-14(10-15)12-20)16(13(2)21)11-18(23)24-8-9-25-3/h5-7,10,16,19H,4,8-9,11H2,1-3H3. The minimum atomic E-state index is -0.789. The minimum Gasteiger partial charge on any atom is -0.465 e. The lowest BCUT2D eigenvalue weighted by molar-refractivity contribution is -0.146. The molecule has 0 aliphatic rings. The topological polar surface area (TPSA) is 84.2 Å². The molecule has 0 spiro atoms. The van der Waals surface area contributed by atoms with Gasteiger partial charge in [0.25, 0.3) is 0 Å². The number of carbonyl (C=O) groups is 3. The molecule has 0 N–H and O–H groups in total. The fourth-order valence-electron chi connectivity index (χ4n) is 2.64. The third-order valence-corrected chi connectivity index (χ3v) is 4.51. The molecule has 0 aromatic heterocycles. The molecule has 0 saturated heterocycles. The van der Waals surface area contributed by atoms with Crippen molar-refractivity contribution in [3.63, 3.8) is 0 Å². The maximum atomic E-state index is 12.5. The first kappa shape index (κ1) is 20.9. The van der Waals surface area contributed by atoms with Crippen LogP contribution >= 0.6 is 11.8 Å². The normalized spacial score (nSPS) is 12.7. The summed E-state index contributed by atoms with van der Waals surface area (Å²) >= 11 is 1.56. The van der Waals surface area contributed by atoms with Crippen LogP contribution in [0.25, 0.3) is 0 Å². The smallest absolute Gasteiger partial charge is 0.306 e. The number of ketones is 2. The van der Waals surface area contributed by atoms with Gasteiger partial charge in [0.15, 0.2) is 0 Å². The fraction of sp³-hybridized carbons (Fsp3) is 0.474. The highest BCUT2D eigenvalue weighted by Crippen LogP contribution is 2.31. The average molecular weight is 361 g/mol. The van der Waals surface area contributed by atoms with Gasteiger partial charge in [-0.2, -0.15) is 17.0 Å². The molecule has 0 fully saturated rings. The van der Waals surface area contributed by atoms with Crippen LogP contribution in [0.2, 0.25) is 0 Å². The molecule has 6 heteroatoms. The number of nitriles is 1. The van der Waals surface area contributed by atoms with Gasteiger partial charge in [-0.05, 0) is 30.9 Å². The minimum absolute atomic E-state index is 0.132. The van der Waals surface area contributed by atoms with Gasteiger partial charge >= 0.3 is 5.97 Å². The second kappa shape index (κ2) is 10.7. The zero-order valence-electron chi connectivity index (χ0n) is 14.8. The number of hydrogen-bond acceptors (Lipinski definition) is 6. The summed E-state index contributed by atoms with van der Waals surface area (Å²) < 4.78 is 5.13. The Morgan fingerprint density at radius 2 is 2.04 bits per heavy atom. The maximum Gasteiger partial charge on any atom is 0.306 e. The Morgan fingerprint density at radius 3 is 2.60 bits per heavy atom. The molecule has 5 nitrogen and oxygen atoms in total. The van der Waals surface area contributed by atoms with E-state index in [1.54, 1.807) is 43.0 Å². The lowest BCUT2D eigenvalue weighted by Gasteiger charge is -2.24. The Labute approximate surface area is 152 Å². The van der Waals surface area contributed by atoms with Crippen LogP contribution in [0.5, 0.6) is 0 Å². The highest BCUT2D eigenvalue weighted by atomic mass is 32.2. The monoisotopic (exact) mass is 361 g/mol. The Morgan fingerprint density at radius 1 is 1.32 bits per heavy atom. The number of esters is 1. The number of nitrogens with zero attached hydrogens (tertiary/aromatic N) is 1.